The second kappa shape index (κ2) is 5.58. The second-order valence-electron chi connectivity index (χ2n) is 4.08. The lowest BCUT2D eigenvalue weighted by Gasteiger charge is -2.04. The Morgan fingerprint density at radius 2 is 2.05 bits per heavy atom. The molecule has 0 aliphatic heterocycles. The number of benzene rings is 1. The van der Waals surface area contributed by atoms with Crippen molar-refractivity contribution in [3.05, 3.63) is 51.3 Å². The van der Waals surface area contributed by atoms with Crippen molar-refractivity contribution in [3.63, 3.8) is 0 Å². The molecule has 3 nitrogen and oxygen atoms in total. The minimum absolute atomic E-state index is 0.186. The lowest BCUT2D eigenvalue weighted by Crippen LogP contribution is -1.88. The molecular formula is C14H9Cl2NO2S. The van der Waals surface area contributed by atoms with Gasteiger partial charge in [0, 0.05) is 5.56 Å². The van der Waals surface area contributed by atoms with Gasteiger partial charge >= 0.3 is 0 Å². The summed E-state index contributed by atoms with van der Waals surface area (Å²) in [5.74, 6) is 0.448. The van der Waals surface area contributed by atoms with E-state index < -0.39 is 0 Å². The zero-order valence-corrected chi connectivity index (χ0v) is 12.5. The standard InChI is InChI=1S/C14H9Cl2NO2S/c15-10-4-1-3-8(12(10)16)14-9(7-18)13(17-19-14)11-5-2-6-20-11/h1-6,18H,7H2. The Labute approximate surface area is 129 Å². The van der Waals surface area contributed by atoms with Crippen LogP contribution >= 0.6 is 34.5 Å². The topological polar surface area (TPSA) is 46.3 Å². The molecule has 0 bridgehead atoms. The summed E-state index contributed by atoms with van der Waals surface area (Å²) in [7, 11) is 0. The number of aromatic nitrogens is 1. The fourth-order valence-electron chi connectivity index (χ4n) is 1.95. The first kappa shape index (κ1) is 13.6. The van der Waals surface area contributed by atoms with Crippen molar-refractivity contribution in [1.82, 2.24) is 5.16 Å². The molecular weight excluding hydrogens is 317 g/mol. The summed E-state index contributed by atoms with van der Waals surface area (Å²) in [4.78, 5) is 0.933. The number of aliphatic hydroxyl groups excluding tert-OH is 1. The lowest BCUT2D eigenvalue weighted by atomic mass is 10.1. The van der Waals surface area contributed by atoms with E-state index in [-0.39, 0.29) is 6.61 Å². The van der Waals surface area contributed by atoms with Crippen LogP contribution in [0.15, 0.2) is 40.2 Å². The first-order valence-corrected chi connectivity index (χ1v) is 7.43. The van der Waals surface area contributed by atoms with Crippen LogP contribution in [0.2, 0.25) is 10.0 Å². The van der Waals surface area contributed by atoms with Gasteiger partial charge in [0.1, 0.15) is 5.69 Å². The Hall–Kier alpha value is -1.33. The van der Waals surface area contributed by atoms with Gasteiger partial charge in [-0.1, -0.05) is 40.5 Å². The van der Waals surface area contributed by atoms with Crippen LogP contribution in [-0.4, -0.2) is 10.3 Å². The third-order valence-electron chi connectivity index (χ3n) is 2.90. The van der Waals surface area contributed by atoms with Crippen LogP contribution in [0.3, 0.4) is 0 Å². The predicted octanol–water partition coefficient (Wildman–Crippen LogP) is 4.87. The van der Waals surface area contributed by atoms with Gasteiger partial charge in [-0.3, -0.25) is 0 Å². The Morgan fingerprint density at radius 1 is 1.20 bits per heavy atom. The smallest absolute Gasteiger partial charge is 0.174 e. The molecule has 20 heavy (non-hydrogen) atoms. The average Bonchev–Trinajstić information content (AvgIpc) is 3.09. The summed E-state index contributed by atoms with van der Waals surface area (Å²) in [5, 5.41) is 16.4. The highest BCUT2D eigenvalue weighted by Crippen LogP contribution is 2.39. The summed E-state index contributed by atoms with van der Waals surface area (Å²) in [6.45, 7) is -0.186. The minimum atomic E-state index is -0.186. The Bertz CT molecular complexity index is 738. The summed E-state index contributed by atoms with van der Waals surface area (Å²) in [5.41, 5.74) is 1.86. The maximum Gasteiger partial charge on any atom is 0.174 e. The Morgan fingerprint density at radius 3 is 2.75 bits per heavy atom. The summed E-state index contributed by atoms with van der Waals surface area (Å²) < 4.78 is 5.39. The second-order valence-corrected chi connectivity index (χ2v) is 5.81. The summed E-state index contributed by atoms with van der Waals surface area (Å²) in [6, 6.07) is 9.10. The van der Waals surface area contributed by atoms with Crippen LogP contribution in [0.1, 0.15) is 5.56 Å². The van der Waals surface area contributed by atoms with E-state index in [2.05, 4.69) is 5.16 Å². The van der Waals surface area contributed by atoms with Crippen LogP contribution in [0, 0.1) is 0 Å². The fraction of sp³-hybridized carbons (Fsp3) is 0.0714. The van der Waals surface area contributed by atoms with Gasteiger partial charge in [-0.2, -0.15) is 0 Å². The molecule has 2 heterocycles. The molecule has 0 spiro atoms. The average molecular weight is 326 g/mol. The monoisotopic (exact) mass is 325 g/mol. The number of rotatable bonds is 3. The van der Waals surface area contributed by atoms with Gasteiger partial charge < -0.3 is 9.63 Å². The molecule has 0 unspecified atom stereocenters. The maximum atomic E-state index is 9.64. The molecule has 0 aliphatic carbocycles. The number of aliphatic hydroxyl groups is 1. The first-order valence-electron chi connectivity index (χ1n) is 5.80. The highest BCUT2D eigenvalue weighted by molar-refractivity contribution is 7.13. The van der Waals surface area contributed by atoms with E-state index in [4.69, 9.17) is 27.7 Å². The van der Waals surface area contributed by atoms with Crippen molar-refractivity contribution in [2.75, 3.05) is 0 Å². The van der Waals surface area contributed by atoms with Crippen LogP contribution in [0.25, 0.3) is 21.9 Å². The van der Waals surface area contributed by atoms with E-state index in [0.717, 1.165) is 4.88 Å². The number of halogens is 2. The molecule has 1 aromatic carbocycles. The van der Waals surface area contributed by atoms with Crippen LogP contribution in [0.5, 0.6) is 0 Å². The fourth-order valence-corrected chi connectivity index (χ4v) is 3.07. The van der Waals surface area contributed by atoms with Gasteiger partial charge in [0.05, 0.1) is 27.1 Å². The van der Waals surface area contributed by atoms with Crippen LogP contribution in [-0.2, 0) is 6.61 Å². The predicted molar refractivity (Wildman–Crippen MR) is 81.2 cm³/mol. The highest BCUT2D eigenvalue weighted by atomic mass is 35.5. The molecule has 6 heteroatoms. The van der Waals surface area contributed by atoms with Crippen LogP contribution < -0.4 is 0 Å². The van der Waals surface area contributed by atoms with E-state index >= 15 is 0 Å². The molecule has 3 aromatic rings. The molecule has 2 aromatic heterocycles. The molecule has 0 aliphatic rings. The Kier molecular flexibility index (Phi) is 3.81. The molecule has 0 saturated carbocycles. The zero-order valence-electron chi connectivity index (χ0n) is 10.1. The largest absolute Gasteiger partial charge is 0.391 e. The van der Waals surface area contributed by atoms with Crippen molar-refractivity contribution in [2.24, 2.45) is 0 Å². The van der Waals surface area contributed by atoms with E-state index in [0.29, 0.717) is 32.6 Å². The third-order valence-corrected chi connectivity index (χ3v) is 4.59. The first-order chi connectivity index (χ1) is 9.72. The van der Waals surface area contributed by atoms with E-state index in [1.54, 1.807) is 18.2 Å². The van der Waals surface area contributed by atoms with Crippen molar-refractivity contribution >= 4 is 34.5 Å². The molecule has 102 valence electrons. The number of hydrogen-bond acceptors (Lipinski definition) is 4. The molecule has 0 radical (unpaired) electrons. The van der Waals surface area contributed by atoms with E-state index in [1.165, 1.54) is 11.3 Å². The molecule has 0 saturated heterocycles. The van der Waals surface area contributed by atoms with Gasteiger partial charge in [0.2, 0.25) is 0 Å². The number of hydrogen-bond donors (Lipinski definition) is 1. The molecule has 0 atom stereocenters. The molecule has 3 rings (SSSR count). The van der Waals surface area contributed by atoms with Crippen molar-refractivity contribution in [3.8, 4) is 21.9 Å². The van der Waals surface area contributed by atoms with Crippen LogP contribution in [0.4, 0.5) is 0 Å². The van der Waals surface area contributed by atoms with Gasteiger partial charge in [0.15, 0.2) is 5.76 Å². The van der Waals surface area contributed by atoms with E-state index in [9.17, 15) is 5.11 Å². The lowest BCUT2D eigenvalue weighted by molar-refractivity contribution is 0.281. The zero-order chi connectivity index (χ0) is 14.1. The van der Waals surface area contributed by atoms with Crippen molar-refractivity contribution in [2.45, 2.75) is 6.61 Å². The minimum Gasteiger partial charge on any atom is -0.391 e. The Balaban J connectivity index is 2.18. The van der Waals surface area contributed by atoms with Gasteiger partial charge in [0.25, 0.3) is 0 Å². The normalized spacial score (nSPS) is 10.9. The molecule has 1 N–H and O–H groups in total. The summed E-state index contributed by atoms with van der Waals surface area (Å²) >= 11 is 13.7. The van der Waals surface area contributed by atoms with Gasteiger partial charge in [-0.15, -0.1) is 11.3 Å². The number of thiophene rings is 1. The third kappa shape index (κ3) is 2.25. The SMILES string of the molecule is OCc1c(-c2cccs2)noc1-c1cccc(Cl)c1Cl. The maximum absolute atomic E-state index is 9.64. The van der Waals surface area contributed by atoms with Gasteiger partial charge in [-0.05, 0) is 23.6 Å². The molecule has 0 fully saturated rings. The summed E-state index contributed by atoms with van der Waals surface area (Å²) in [6.07, 6.45) is 0. The number of nitrogens with zero attached hydrogens (tertiary/aromatic N) is 1. The van der Waals surface area contributed by atoms with Gasteiger partial charge in [-0.25, -0.2) is 0 Å². The van der Waals surface area contributed by atoms with Crippen molar-refractivity contribution in [1.29, 1.82) is 0 Å². The van der Waals surface area contributed by atoms with Crippen molar-refractivity contribution < 1.29 is 9.63 Å². The quantitative estimate of drug-likeness (QED) is 0.747. The molecule has 0 amide bonds. The highest BCUT2D eigenvalue weighted by Gasteiger charge is 2.21. The van der Waals surface area contributed by atoms with E-state index in [1.807, 2.05) is 17.5 Å².